The summed E-state index contributed by atoms with van der Waals surface area (Å²) in [6, 6.07) is 6.74. The number of benzene rings is 1. The normalized spacial score (nSPS) is 14.7. The van der Waals surface area contributed by atoms with E-state index >= 15 is 0 Å². The van der Waals surface area contributed by atoms with E-state index in [1.165, 1.54) is 22.1 Å². The van der Waals surface area contributed by atoms with Gasteiger partial charge in [-0.3, -0.25) is 4.79 Å². The molecule has 0 saturated carbocycles. The first kappa shape index (κ1) is 21.6. The Bertz CT molecular complexity index is 1360. The molecule has 1 saturated heterocycles. The number of pyridine rings is 1. The van der Waals surface area contributed by atoms with Crippen molar-refractivity contribution in [3.8, 4) is 11.3 Å². The Balaban J connectivity index is 1.53. The average Bonchev–Trinajstić information content (AvgIpc) is 3.33. The van der Waals surface area contributed by atoms with Crippen LogP contribution in [0.15, 0.2) is 30.7 Å². The maximum Gasteiger partial charge on any atom is 0.236 e. The molecule has 1 aliphatic rings. The lowest BCUT2D eigenvalue weighted by Gasteiger charge is -2.40. The molecule has 5 rings (SSSR count). The molecule has 172 valence electrons. The summed E-state index contributed by atoms with van der Waals surface area (Å²) in [5.41, 5.74) is 9.38. The topological polar surface area (TPSA) is 69.5 Å². The van der Waals surface area contributed by atoms with Gasteiger partial charge in [0.2, 0.25) is 5.91 Å². The molecule has 1 amide bonds. The van der Waals surface area contributed by atoms with Gasteiger partial charge in [0.1, 0.15) is 6.33 Å². The molecule has 7 nitrogen and oxygen atoms in total. The molecular formula is C26H32N6O. The Hall–Kier alpha value is -3.19. The minimum atomic E-state index is 0.207. The largest absolute Gasteiger partial charge is 0.354 e. The Kier molecular flexibility index (Phi) is 5.24. The van der Waals surface area contributed by atoms with E-state index in [0.29, 0.717) is 18.4 Å². The van der Waals surface area contributed by atoms with Gasteiger partial charge in [-0.1, -0.05) is 19.9 Å². The zero-order chi connectivity index (χ0) is 23.4. The van der Waals surface area contributed by atoms with Crippen LogP contribution >= 0.6 is 0 Å². The van der Waals surface area contributed by atoms with Crippen molar-refractivity contribution in [1.29, 1.82) is 0 Å². The maximum absolute atomic E-state index is 12.3. The fourth-order valence-electron chi connectivity index (χ4n) is 5.01. The summed E-state index contributed by atoms with van der Waals surface area (Å²) in [6.45, 7) is 10.8. The molecule has 7 heteroatoms. The second-order valence-corrected chi connectivity index (χ2v) is 9.93. The molecule has 0 unspecified atom stereocenters. The smallest absolute Gasteiger partial charge is 0.236 e. The number of aromatic amines is 1. The van der Waals surface area contributed by atoms with Gasteiger partial charge in [0.15, 0.2) is 5.65 Å². The van der Waals surface area contributed by atoms with Crippen molar-refractivity contribution in [3.63, 3.8) is 0 Å². The molecular weight excluding hydrogens is 412 g/mol. The number of carbonyl (C=O) groups is 1. The van der Waals surface area contributed by atoms with Gasteiger partial charge in [-0.25, -0.2) is 9.50 Å². The summed E-state index contributed by atoms with van der Waals surface area (Å²) in [5, 5.41) is 5.66. The Labute approximate surface area is 194 Å². The number of nitrogens with one attached hydrogen (secondary N) is 1. The lowest BCUT2D eigenvalue weighted by Crippen LogP contribution is -2.51. The summed E-state index contributed by atoms with van der Waals surface area (Å²) in [6.07, 6.45) is 3.69. The Morgan fingerprint density at radius 3 is 2.67 bits per heavy atom. The molecule has 0 bridgehead atoms. The van der Waals surface area contributed by atoms with E-state index in [2.05, 4.69) is 67.2 Å². The number of likely N-dealkylation sites (tertiary alicyclic amines) is 1. The molecule has 3 aromatic heterocycles. The van der Waals surface area contributed by atoms with Gasteiger partial charge in [-0.05, 0) is 68.2 Å². The van der Waals surface area contributed by atoms with Crippen molar-refractivity contribution in [3.05, 3.63) is 53.0 Å². The number of amides is 1. The van der Waals surface area contributed by atoms with Crippen molar-refractivity contribution in [2.24, 2.45) is 0 Å². The fraction of sp³-hybridized carbons (Fsp3) is 0.423. The molecule has 1 aromatic carbocycles. The number of aryl methyl sites for hydroxylation is 1. The third kappa shape index (κ3) is 3.60. The van der Waals surface area contributed by atoms with Crippen LogP contribution in [0, 0.1) is 13.8 Å². The van der Waals surface area contributed by atoms with E-state index < -0.39 is 0 Å². The van der Waals surface area contributed by atoms with Crippen LogP contribution in [0.4, 0.5) is 0 Å². The summed E-state index contributed by atoms with van der Waals surface area (Å²) < 4.78 is 1.87. The number of aromatic nitrogens is 4. The minimum Gasteiger partial charge on any atom is -0.354 e. The van der Waals surface area contributed by atoms with Crippen LogP contribution in [0.5, 0.6) is 0 Å². The number of fused-ring (bicyclic) bond motifs is 2. The number of nitrogens with zero attached hydrogens (tertiary/aromatic N) is 5. The van der Waals surface area contributed by atoms with Crippen molar-refractivity contribution in [2.75, 3.05) is 33.7 Å². The average molecular weight is 445 g/mol. The lowest BCUT2D eigenvalue weighted by molar-refractivity contribution is -0.136. The molecule has 1 aliphatic heterocycles. The molecule has 0 atom stereocenters. The maximum atomic E-state index is 12.3. The van der Waals surface area contributed by atoms with Crippen molar-refractivity contribution in [2.45, 2.75) is 39.5 Å². The molecule has 33 heavy (non-hydrogen) atoms. The minimum absolute atomic E-state index is 0.207. The van der Waals surface area contributed by atoms with Crippen LogP contribution in [0.2, 0.25) is 0 Å². The number of H-pyrrole nitrogens is 1. The predicted molar refractivity (Wildman–Crippen MR) is 132 cm³/mol. The number of hydrogen-bond donors (Lipinski definition) is 1. The van der Waals surface area contributed by atoms with Gasteiger partial charge in [-0.15, -0.1) is 0 Å². The molecule has 0 aliphatic carbocycles. The van der Waals surface area contributed by atoms with E-state index in [9.17, 15) is 4.79 Å². The van der Waals surface area contributed by atoms with Crippen molar-refractivity contribution >= 4 is 22.5 Å². The quantitative estimate of drug-likeness (QED) is 0.503. The summed E-state index contributed by atoms with van der Waals surface area (Å²) >= 11 is 0. The van der Waals surface area contributed by atoms with E-state index in [0.717, 1.165) is 41.1 Å². The molecule has 4 heterocycles. The monoisotopic (exact) mass is 444 g/mol. The van der Waals surface area contributed by atoms with Crippen LogP contribution in [-0.2, 0) is 4.79 Å². The van der Waals surface area contributed by atoms with E-state index in [4.69, 9.17) is 0 Å². The zero-order valence-electron chi connectivity index (χ0n) is 20.3. The summed E-state index contributed by atoms with van der Waals surface area (Å²) in [5.74, 6) is 0.961. The van der Waals surface area contributed by atoms with Gasteiger partial charge in [0, 0.05) is 41.7 Å². The van der Waals surface area contributed by atoms with Gasteiger partial charge >= 0.3 is 0 Å². The van der Waals surface area contributed by atoms with Gasteiger partial charge in [0.05, 0.1) is 12.2 Å². The highest BCUT2D eigenvalue weighted by atomic mass is 16.2. The Morgan fingerprint density at radius 2 is 1.97 bits per heavy atom. The number of hydrogen-bond acceptors (Lipinski definition) is 4. The lowest BCUT2D eigenvalue weighted by atomic mass is 9.88. The highest BCUT2D eigenvalue weighted by Crippen LogP contribution is 2.39. The zero-order valence-corrected chi connectivity index (χ0v) is 20.3. The number of rotatable bonds is 5. The van der Waals surface area contributed by atoms with Gasteiger partial charge in [-0.2, -0.15) is 5.10 Å². The second kappa shape index (κ2) is 7.99. The van der Waals surface area contributed by atoms with E-state index in [-0.39, 0.29) is 5.91 Å². The van der Waals surface area contributed by atoms with E-state index in [1.54, 1.807) is 6.33 Å². The van der Waals surface area contributed by atoms with Crippen LogP contribution in [-0.4, -0.2) is 69.0 Å². The highest BCUT2D eigenvalue weighted by molar-refractivity contribution is 5.93. The molecule has 1 fully saturated rings. The third-order valence-electron chi connectivity index (χ3n) is 6.99. The van der Waals surface area contributed by atoms with Gasteiger partial charge in [0.25, 0.3) is 0 Å². The predicted octanol–water partition coefficient (Wildman–Crippen LogP) is 4.11. The van der Waals surface area contributed by atoms with Crippen molar-refractivity contribution in [1.82, 2.24) is 29.4 Å². The fourth-order valence-corrected chi connectivity index (χ4v) is 5.01. The summed E-state index contributed by atoms with van der Waals surface area (Å²) in [4.78, 5) is 24.3. The van der Waals surface area contributed by atoms with Crippen LogP contribution in [0.25, 0.3) is 27.8 Å². The first-order chi connectivity index (χ1) is 15.7. The molecule has 4 aromatic rings. The highest BCUT2D eigenvalue weighted by Gasteiger charge is 2.32. The van der Waals surface area contributed by atoms with Crippen LogP contribution in [0.1, 0.15) is 47.9 Å². The third-order valence-corrected chi connectivity index (χ3v) is 6.99. The Morgan fingerprint density at radius 1 is 1.21 bits per heavy atom. The molecule has 0 spiro atoms. The second-order valence-electron chi connectivity index (χ2n) is 9.93. The molecule has 0 radical (unpaired) electrons. The number of carbonyl (C=O) groups excluding carboxylic acids is 1. The number of likely N-dealkylation sites (N-methyl/N-ethyl adjacent to an activating group) is 1. The van der Waals surface area contributed by atoms with E-state index in [1.807, 2.05) is 28.4 Å². The first-order valence-electron chi connectivity index (χ1n) is 11.6. The van der Waals surface area contributed by atoms with Crippen LogP contribution in [0.3, 0.4) is 0 Å². The molecule has 1 N–H and O–H groups in total. The van der Waals surface area contributed by atoms with Gasteiger partial charge < -0.3 is 14.8 Å². The standard InChI is InChI=1S/C26H32N6O/c1-15(2)24-20-9-18(19-10-31(11-19)23(33)13-30(5)6)7-8-22(20)29-25(24)21-12-32-26(27-14-28-32)17(4)16(21)3/h7-9,12,14-15,19,29H,10-11,13H2,1-6H3. The van der Waals surface area contributed by atoms with Crippen LogP contribution < -0.4 is 0 Å². The summed E-state index contributed by atoms with van der Waals surface area (Å²) in [7, 11) is 3.87. The van der Waals surface area contributed by atoms with Crippen molar-refractivity contribution < 1.29 is 4.79 Å². The first-order valence-corrected chi connectivity index (χ1v) is 11.6. The SMILES string of the molecule is Cc1c(-c2[nH]c3ccc(C4CN(C(=O)CN(C)C)C4)cc3c2C(C)C)cn2ncnc2c1C.